The zero-order valence-electron chi connectivity index (χ0n) is 12.5. The van der Waals surface area contributed by atoms with E-state index in [1.54, 1.807) is 12.4 Å². The van der Waals surface area contributed by atoms with Crippen molar-refractivity contribution in [2.45, 2.75) is 18.9 Å². The van der Waals surface area contributed by atoms with Gasteiger partial charge in [0.15, 0.2) is 0 Å². The van der Waals surface area contributed by atoms with Crippen LogP contribution >= 0.6 is 0 Å². The smallest absolute Gasteiger partial charge is 0.0939 e. The van der Waals surface area contributed by atoms with Crippen LogP contribution in [0.25, 0.3) is 0 Å². The molecule has 110 valence electrons. The average molecular weight is 290 g/mol. The summed E-state index contributed by atoms with van der Waals surface area (Å²) in [6.45, 7) is 2.51. The molecule has 3 aromatic heterocycles. The van der Waals surface area contributed by atoms with Crippen LogP contribution in [0, 0.1) is 0 Å². The van der Waals surface area contributed by atoms with Gasteiger partial charge in [0.05, 0.1) is 28.2 Å². The van der Waals surface area contributed by atoms with Crippen molar-refractivity contribution < 1.29 is 0 Å². The Kier molecular flexibility index (Phi) is 3.94. The molecule has 0 aliphatic heterocycles. The van der Waals surface area contributed by atoms with E-state index in [1.807, 2.05) is 54.6 Å². The van der Waals surface area contributed by atoms with Gasteiger partial charge in [-0.05, 0) is 43.3 Å². The minimum absolute atomic E-state index is 0.411. The van der Waals surface area contributed by atoms with Crippen LogP contribution in [0.3, 0.4) is 0 Å². The third kappa shape index (κ3) is 2.49. The maximum absolute atomic E-state index is 5.75. The molecule has 0 unspecified atom stereocenters. The molecule has 4 nitrogen and oxygen atoms in total. The summed E-state index contributed by atoms with van der Waals surface area (Å²) in [5.74, 6) is 0. The summed E-state index contributed by atoms with van der Waals surface area (Å²) >= 11 is 0. The summed E-state index contributed by atoms with van der Waals surface area (Å²) in [5.41, 5.74) is 8.80. The second-order valence-electron chi connectivity index (χ2n) is 5.27. The van der Waals surface area contributed by atoms with E-state index in [9.17, 15) is 0 Å². The molecule has 3 rings (SSSR count). The topological polar surface area (TPSA) is 64.7 Å². The molecular weight excluding hydrogens is 272 g/mol. The lowest BCUT2D eigenvalue weighted by molar-refractivity contribution is 0.615. The largest absolute Gasteiger partial charge is 0.325 e. The summed E-state index contributed by atoms with van der Waals surface area (Å²) in [6.07, 6.45) is 3.59. The summed E-state index contributed by atoms with van der Waals surface area (Å²) in [6, 6.07) is 17.7. The third-order valence-corrected chi connectivity index (χ3v) is 3.88. The van der Waals surface area contributed by atoms with Gasteiger partial charge >= 0.3 is 0 Å². The van der Waals surface area contributed by atoms with Crippen molar-refractivity contribution in [1.82, 2.24) is 15.0 Å². The van der Waals surface area contributed by atoms with Crippen molar-refractivity contribution >= 4 is 0 Å². The van der Waals surface area contributed by atoms with E-state index in [1.165, 1.54) is 0 Å². The van der Waals surface area contributed by atoms with Gasteiger partial charge in [-0.3, -0.25) is 15.0 Å². The van der Waals surface area contributed by atoms with Crippen LogP contribution in [0.4, 0.5) is 0 Å². The monoisotopic (exact) mass is 290 g/mol. The Balaban J connectivity index is 2.23. The molecule has 0 aromatic carbocycles. The molecule has 0 saturated carbocycles. The van der Waals surface area contributed by atoms with E-state index in [0.29, 0.717) is 6.54 Å². The van der Waals surface area contributed by atoms with Gasteiger partial charge < -0.3 is 5.73 Å². The normalized spacial score (nSPS) is 11.4. The van der Waals surface area contributed by atoms with E-state index in [4.69, 9.17) is 10.7 Å². The SMILES string of the molecule is CC(c1ccccn1)(c1ccccn1)c1cccc(CN)n1. The van der Waals surface area contributed by atoms with E-state index in [-0.39, 0.29) is 0 Å². The maximum Gasteiger partial charge on any atom is 0.0939 e. The first-order valence-corrected chi connectivity index (χ1v) is 7.24. The molecule has 0 amide bonds. The van der Waals surface area contributed by atoms with E-state index in [0.717, 1.165) is 22.8 Å². The van der Waals surface area contributed by atoms with E-state index >= 15 is 0 Å². The van der Waals surface area contributed by atoms with Gasteiger partial charge in [0.1, 0.15) is 0 Å². The van der Waals surface area contributed by atoms with Crippen LogP contribution < -0.4 is 5.73 Å². The van der Waals surface area contributed by atoms with Crippen LogP contribution in [0.15, 0.2) is 67.0 Å². The summed E-state index contributed by atoms with van der Waals surface area (Å²) in [4.78, 5) is 13.8. The molecule has 2 N–H and O–H groups in total. The molecule has 0 aliphatic rings. The summed E-state index contributed by atoms with van der Waals surface area (Å²) in [7, 11) is 0. The minimum Gasteiger partial charge on any atom is -0.325 e. The van der Waals surface area contributed by atoms with Crippen molar-refractivity contribution in [3.8, 4) is 0 Å². The molecule has 0 fully saturated rings. The predicted molar refractivity (Wildman–Crippen MR) is 86.2 cm³/mol. The molecule has 0 spiro atoms. The molecule has 3 aromatic rings. The highest BCUT2D eigenvalue weighted by Gasteiger charge is 2.35. The van der Waals surface area contributed by atoms with Crippen LogP contribution in [-0.2, 0) is 12.0 Å². The fourth-order valence-corrected chi connectivity index (χ4v) is 2.58. The van der Waals surface area contributed by atoms with Crippen molar-refractivity contribution in [1.29, 1.82) is 0 Å². The highest BCUT2D eigenvalue weighted by molar-refractivity contribution is 5.41. The number of rotatable bonds is 4. The van der Waals surface area contributed by atoms with Crippen LogP contribution in [0.2, 0.25) is 0 Å². The quantitative estimate of drug-likeness (QED) is 0.802. The van der Waals surface area contributed by atoms with Crippen LogP contribution in [-0.4, -0.2) is 15.0 Å². The predicted octanol–water partition coefficient (Wildman–Crippen LogP) is 2.68. The van der Waals surface area contributed by atoms with Gasteiger partial charge in [-0.2, -0.15) is 0 Å². The Morgan fingerprint density at radius 1 is 0.818 bits per heavy atom. The maximum atomic E-state index is 5.75. The number of hydrogen-bond donors (Lipinski definition) is 1. The molecule has 0 saturated heterocycles. The number of nitrogens with zero attached hydrogens (tertiary/aromatic N) is 3. The Labute approximate surface area is 130 Å². The average Bonchev–Trinajstić information content (AvgIpc) is 2.62. The lowest BCUT2D eigenvalue weighted by Crippen LogP contribution is -2.29. The van der Waals surface area contributed by atoms with E-state index < -0.39 is 5.41 Å². The molecule has 0 aliphatic carbocycles. The zero-order chi connectivity index (χ0) is 15.4. The van der Waals surface area contributed by atoms with Gasteiger partial charge in [0.25, 0.3) is 0 Å². The standard InChI is InChI=1S/C18H18N4/c1-18(15-8-2-4-11-20-15,16-9-3-5-12-21-16)17-10-6-7-14(13-19)22-17/h2-12H,13,19H2,1H3. The number of aromatic nitrogens is 3. The number of hydrogen-bond acceptors (Lipinski definition) is 4. The highest BCUT2D eigenvalue weighted by Crippen LogP contribution is 2.35. The first kappa shape index (κ1) is 14.4. The number of nitrogens with two attached hydrogens (primary N) is 1. The van der Waals surface area contributed by atoms with Crippen LogP contribution in [0.1, 0.15) is 29.7 Å². The van der Waals surface area contributed by atoms with Crippen molar-refractivity contribution in [2.24, 2.45) is 5.73 Å². The first-order chi connectivity index (χ1) is 10.7. The minimum atomic E-state index is -0.520. The van der Waals surface area contributed by atoms with Gasteiger partial charge in [-0.25, -0.2) is 0 Å². The summed E-state index contributed by atoms with van der Waals surface area (Å²) < 4.78 is 0. The lowest BCUT2D eigenvalue weighted by Gasteiger charge is -2.28. The van der Waals surface area contributed by atoms with Crippen molar-refractivity contribution in [3.05, 3.63) is 89.8 Å². The van der Waals surface area contributed by atoms with Crippen molar-refractivity contribution in [3.63, 3.8) is 0 Å². The third-order valence-electron chi connectivity index (χ3n) is 3.88. The molecule has 3 heterocycles. The molecular formula is C18H18N4. The Morgan fingerprint density at radius 3 is 1.91 bits per heavy atom. The first-order valence-electron chi connectivity index (χ1n) is 7.24. The van der Waals surface area contributed by atoms with Gasteiger partial charge in [-0.1, -0.05) is 18.2 Å². The molecule has 0 atom stereocenters. The Morgan fingerprint density at radius 2 is 1.41 bits per heavy atom. The second kappa shape index (κ2) is 6.03. The molecule has 22 heavy (non-hydrogen) atoms. The lowest BCUT2D eigenvalue weighted by atomic mass is 9.78. The van der Waals surface area contributed by atoms with E-state index in [2.05, 4.69) is 16.9 Å². The fraction of sp³-hybridized carbons (Fsp3) is 0.167. The number of pyridine rings is 3. The Hall–Kier alpha value is -2.59. The Bertz CT molecular complexity index is 702. The fourth-order valence-electron chi connectivity index (χ4n) is 2.58. The van der Waals surface area contributed by atoms with Crippen molar-refractivity contribution in [2.75, 3.05) is 0 Å². The van der Waals surface area contributed by atoms with Gasteiger partial charge in [0, 0.05) is 18.9 Å². The molecule has 0 radical (unpaired) electrons. The molecule has 4 heteroatoms. The van der Waals surface area contributed by atoms with Gasteiger partial charge in [0.2, 0.25) is 0 Å². The van der Waals surface area contributed by atoms with Gasteiger partial charge in [-0.15, -0.1) is 0 Å². The zero-order valence-corrected chi connectivity index (χ0v) is 12.5. The summed E-state index contributed by atoms with van der Waals surface area (Å²) in [5, 5.41) is 0. The highest BCUT2D eigenvalue weighted by atomic mass is 14.8. The molecule has 0 bridgehead atoms. The second-order valence-corrected chi connectivity index (χ2v) is 5.27. The van der Waals surface area contributed by atoms with Crippen LogP contribution in [0.5, 0.6) is 0 Å².